The molecule has 0 bridgehead atoms. The van der Waals surface area contributed by atoms with Gasteiger partial charge in [-0.1, -0.05) is 88.4 Å². The van der Waals surface area contributed by atoms with Gasteiger partial charge in [0.15, 0.2) is 0 Å². The number of phenolic OH excluding ortho intramolecular Hbond substituents is 1. The Morgan fingerprint density at radius 1 is 0.758 bits per heavy atom. The van der Waals surface area contributed by atoms with Gasteiger partial charge in [0.05, 0.1) is 0 Å². The van der Waals surface area contributed by atoms with Crippen LogP contribution in [-0.4, -0.2) is 5.11 Å². The van der Waals surface area contributed by atoms with E-state index < -0.39 is 0 Å². The molecule has 1 aliphatic heterocycles. The van der Waals surface area contributed by atoms with Crippen molar-refractivity contribution < 1.29 is 14.9 Å². The van der Waals surface area contributed by atoms with Gasteiger partial charge < -0.3 is 5.11 Å². The second-order valence-electron chi connectivity index (χ2n) is 10.3. The molecular formula is C30H28O3. The maximum absolute atomic E-state index is 10.9. The van der Waals surface area contributed by atoms with E-state index in [2.05, 4.69) is 70.2 Å². The van der Waals surface area contributed by atoms with Crippen LogP contribution in [0.4, 0.5) is 0 Å². The third-order valence-electron chi connectivity index (χ3n) is 7.83. The normalized spacial score (nSPS) is 16.4. The molecule has 0 unspecified atom stereocenters. The van der Waals surface area contributed by atoms with Crippen LogP contribution >= 0.6 is 0 Å². The lowest BCUT2D eigenvalue weighted by Crippen LogP contribution is -2.26. The first-order valence-electron chi connectivity index (χ1n) is 11.6. The summed E-state index contributed by atoms with van der Waals surface area (Å²) in [5, 5.41) is 12.8. The number of benzene rings is 4. The summed E-state index contributed by atoms with van der Waals surface area (Å²) in [7, 11) is 0. The minimum absolute atomic E-state index is 0.198. The Labute approximate surface area is 194 Å². The Kier molecular flexibility index (Phi) is 4.30. The molecule has 0 atom stereocenters. The molecule has 4 aromatic rings. The molecule has 2 aliphatic rings. The highest BCUT2D eigenvalue weighted by molar-refractivity contribution is 6.06. The Bertz CT molecular complexity index is 1410. The Balaban J connectivity index is 1.72. The number of rotatable bonds is 2. The quantitative estimate of drug-likeness (QED) is 0.339. The molecule has 3 heteroatoms. The zero-order chi connectivity index (χ0) is 23.0. The first-order chi connectivity index (χ1) is 15.8. The fourth-order valence-electron chi connectivity index (χ4n) is 5.91. The average molecular weight is 437 g/mol. The lowest BCUT2D eigenvalue weighted by molar-refractivity contribution is -0.322. The molecule has 1 N–H and O–H groups in total. The van der Waals surface area contributed by atoms with E-state index in [0.717, 1.165) is 16.3 Å². The maximum atomic E-state index is 10.9. The molecule has 6 rings (SSSR count). The van der Waals surface area contributed by atoms with Crippen LogP contribution in [0.5, 0.6) is 5.75 Å². The molecule has 0 saturated carbocycles. The molecule has 166 valence electrons. The van der Waals surface area contributed by atoms with Crippen LogP contribution in [0.3, 0.4) is 0 Å². The predicted molar refractivity (Wildman–Crippen MR) is 131 cm³/mol. The summed E-state index contributed by atoms with van der Waals surface area (Å²) >= 11 is 0. The van der Waals surface area contributed by atoms with Gasteiger partial charge in [0.1, 0.15) is 19.0 Å². The number of hydrogen-bond donors (Lipinski definition) is 1. The van der Waals surface area contributed by atoms with Crippen molar-refractivity contribution in [3.63, 3.8) is 0 Å². The lowest BCUT2D eigenvalue weighted by Gasteiger charge is -2.34. The highest BCUT2D eigenvalue weighted by Crippen LogP contribution is 2.56. The first-order valence-corrected chi connectivity index (χ1v) is 11.6. The van der Waals surface area contributed by atoms with Gasteiger partial charge in [-0.05, 0) is 56.0 Å². The van der Waals surface area contributed by atoms with Crippen LogP contribution in [0, 0.1) is 0 Å². The summed E-state index contributed by atoms with van der Waals surface area (Å²) in [6.45, 7) is 9.95. The third-order valence-corrected chi connectivity index (χ3v) is 7.83. The smallest absolute Gasteiger partial charge is 0.123 e. The fraction of sp³-hybridized carbons (Fsp3) is 0.267. The molecule has 0 aromatic heterocycles. The highest BCUT2D eigenvalue weighted by atomic mass is 17.2. The SMILES string of the molecule is CC(C)(c1ccccc1)c1cc2c(c3c1COOC3)-c1c(cc(O)c3ccccc13)C2(C)C. The average Bonchev–Trinajstić information content (AvgIpc) is 3.06. The molecule has 3 nitrogen and oxygen atoms in total. The van der Waals surface area contributed by atoms with E-state index in [4.69, 9.17) is 9.78 Å². The van der Waals surface area contributed by atoms with Crippen molar-refractivity contribution in [1.82, 2.24) is 0 Å². The van der Waals surface area contributed by atoms with Crippen molar-refractivity contribution in [2.75, 3.05) is 0 Å². The van der Waals surface area contributed by atoms with Crippen LogP contribution in [0.1, 0.15) is 61.1 Å². The van der Waals surface area contributed by atoms with Gasteiger partial charge in [0.25, 0.3) is 0 Å². The molecule has 1 heterocycles. The topological polar surface area (TPSA) is 38.7 Å². The fourth-order valence-corrected chi connectivity index (χ4v) is 5.91. The first kappa shape index (κ1) is 20.5. The number of hydrogen-bond acceptors (Lipinski definition) is 3. The molecular weight excluding hydrogens is 408 g/mol. The Morgan fingerprint density at radius 2 is 1.36 bits per heavy atom. The standard InChI is InChI=1S/C30H28O3/c1-29(2,18-10-6-5-7-11-18)23-14-24-28(22-17-33-32-16-21(22)23)27-20-13-9-8-12-19(20)26(31)15-25(27)30(24,3)4/h5-15,31H,16-17H2,1-4H3. The van der Waals surface area contributed by atoms with Crippen LogP contribution < -0.4 is 0 Å². The zero-order valence-corrected chi connectivity index (χ0v) is 19.5. The number of fused-ring (bicyclic) bond motifs is 7. The van der Waals surface area contributed by atoms with Gasteiger partial charge in [0.2, 0.25) is 0 Å². The van der Waals surface area contributed by atoms with E-state index in [1.54, 1.807) is 0 Å². The predicted octanol–water partition coefficient (Wildman–Crippen LogP) is 7.14. The molecule has 0 saturated heterocycles. The lowest BCUT2D eigenvalue weighted by atomic mass is 9.72. The van der Waals surface area contributed by atoms with Crippen molar-refractivity contribution in [2.24, 2.45) is 0 Å². The summed E-state index contributed by atoms with van der Waals surface area (Å²) in [6, 6.07) is 23.2. The molecule has 1 aliphatic carbocycles. The van der Waals surface area contributed by atoms with Crippen molar-refractivity contribution in [1.29, 1.82) is 0 Å². The Morgan fingerprint density at radius 3 is 2.09 bits per heavy atom. The van der Waals surface area contributed by atoms with Crippen molar-refractivity contribution >= 4 is 10.8 Å². The van der Waals surface area contributed by atoms with Crippen molar-refractivity contribution in [3.05, 3.63) is 100 Å². The summed E-state index contributed by atoms with van der Waals surface area (Å²) < 4.78 is 0. The minimum Gasteiger partial charge on any atom is -0.507 e. The summed E-state index contributed by atoms with van der Waals surface area (Å²) in [5.41, 5.74) is 9.45. The van der Waals surface area contributed by atoms with Gasteiger partial charge in [0, 0.05) is 16.2 Å². The van der Waals surface area contributed by atoms with E-state index in [0.29, 0.717) is 19.0 Å². The van der Waals surface area contributed by atoms with Gasteiger partial charge in [-0.25, -0.2) is 9.78 Å². The minimum atomic E-state index is -0.249. The second kappa shape index (κ2) is 6.93. The van der Waals surface area contributed by atoms with Gasteiger partial charge in [-0.15, -0.1) is 0 Å². The van der Waals surface area contributed by atoms with E-state index in [1.165, 1.54) is 38.9 Å². The van der Waals surface area contributed by atoms with Crippen LogP contribution in [-0.2, 0) is 33.8 Å². The number of aromatic hydroxyl groups is 1. The molecule has 0 spiro atoms. The summed E-state index contributed by atoms with van der Waals surface area (Å²) in [4.78, 5) is 11.1. The Hall–Kier alpha value is -3.14. The maximum Gasteiger partial charge on any atom is 0.123 e. The molecule has 33 heavy (non-hydrogen) atoms. The van der Waals surface area contributed by atoms with Crippen LogP contribution in [0.25, 0.3) is 21.9 Å². The van der Waals surface area contributed by atoms with E-state index >= 15 is 0 Å². The van der Waals surface area contributed by atoms with Gasteiger partial charge >= 0.3 is 0 Å². The third kappa shape index (κ3) is 2.76. The van der Waals surface area contributed by atoms with E-state index in [-0.39, 0.29) is 10.8 Å². The molecule has 0 fully saturated rings. The van der Waals surface area contributed by atoms with Gasteiger partial charge in [-0.2, -0.15) is 0 Å². The van der Waals surface area contributed by atoms with Crippen molar-refractivity contribution in [3.8, 4) is 16.9 Å². The highest BCUT2D eigenvalue weighted by Gasteiger charge is 2.42. The number of phenols is 1. The monoisotopic (exact) mass is 436 g/mol. The molecule has 0 amide bonds. The summed E-state index contributed by atoms with van der Waals surface area (Å²) in [5.74, 6) is 0.337. The van der Waals surface area contributed by atoms with Crippen molar-refractivity contribution in [2.45, 2.75) is 51.7 Å². The molecule has 0 radical (unpaired) electrons. The van der Waals surface area contributed by atoms with Crippen LogP contribution in [0.2, 0.25) is 0 Å². The van der Waals surface area contributed by atoms with Gasteiger partial charge in [-0.3, -0.25) is 0 Å². The van der Waals surface area contributed by atoms with E-state index in [9.17, 15) is 5.11 Å². The zero-order valence-electron chi connectivity index (χ0n) is 19.5. The van der Waals surface area contributed by atoms with E-state index in [1.807, 2.05) is 24.3 Å². The summed E-state index contributed by atoms with van der Waals surface area (Å²) in [6.07, 6.45) is 0. The molecule has 4 aromatic carbocycles. The second-order valence-corrected chi connectivity index (χ2v) is 10.3. The largest absolute Gasteiger partial charge is 0.507 e. The van der Waals surface area contributed by atoms with Crippen LogP contribution in [0.15, 0.2) is 66.7 Å².